The van der Waals surface area contributed by atoms with E-state index in [1.807, 2.05) is 19.1 Å². The van der Waals surface area contributed by atoms with E-state index in [0.29, 0.717) is 6.61 Å². The molecule has 0 saturated heterocycles. The van der Waals surface area contributed by atoms with E-state index in [1.165, 1.54) is 16.7 Å². The maximum Gasteiger partial charge on any atom is 0.0736 e. The van der Waals surface area contributed by atoms with Crippen molar-refractivity contribution in [1.29, 1.82) is 0 Å². The van der Waals surface area contributed by atoms with Crippen molar-refractivity contribution in [2.45, 2.75) is 27.0 Å². The van der Waals surface area contributed by atoms with E-state index in [9.17, 15) is 0 Å². The largest absolute Gasteiger partial charge is 0.381 e. The van der Waals surface area contributed by atoms with Gasteiger partial charge < -0.3 is 10.1 Å². The molecular weight excluding hydrogens is 314 g/mol. The smallest absolute Gasteiger partial charge is 0.0736 e. The number of para-hydroxylation sites is 1. The molecule has 2 nitrogen and oxygen atoms in total. The van der Waals surface area contributed by atoms with E-state index in [-0.39, 0.29) is 0 Å². The molecule has 2 aromatic rings. The Bertz CT molecular complexity index is 569. The molecule has 106 valence electrons. The van der Waals surface area contributed by atoms with Crippen molar-refractivity contribution in [2.75, 3.05) is 11.9 Å². The second-order valence-corrected chi connectivity index (χ2v) is 5.59. The zero-order valence-electron chi connectivity index (χ0n) is 11.9. The second kappa shape index (κ2) is 7.46. The van der Waals surface area contributed by atoms with Gasteiger partial charge in [-0.1, -0.05) is 46.3 Å². The summed E-state index contributed by atoms with van der Waals surface area (Å²) in [6.07, 6.45) is 0. The molecule has 0 fully saturated rings. The fourth-order valence-corrected chi connectivity index (χ4v) is 2.29. The zero-order valence-corrected chi connectivity index (χ0v) is 13.5. The Morgan fingerprint density at radius 2 is 1.95 bits per heavy atom. The SMILES string of the molecule is CCOCc1ccccc1NCc1ccc(Br)c(C)c1. The predicted molar refractivity (Wildman–Crippen MR) is 88.0 cm³/mol. The van der Waals surface area contributed by atoms with Crippen LogP contribution in [0.3, 0.4) is 0 Å². The highest BCUT2D eigenvalue weighted by Gasteiger charge is 2.02. The Labute approximate surface area is 129 Å². The third kappa shape index (κ3) is 4.09. The zero-order chi connectivity index (χ0) is 14.4. The molecule has 0 radical (unpaired) electrons. The van der Waals surface area contributed by atoms with Crippen molar-refractivity contribution in [3.63, 3.8) is 0 Å². The number of hydrogen-bond donors (Lipinski definition) is 1. The molecule has 0 aliphatic rings. The van der Waals surface area contributed by atoms with Crippen molar-refractivity contribution in [1.82, 2.24) is 0 Å². The Balaban J connectivity index is 2.04. The summed E-state index contributed by atoms with van der Waals surface area (Å²) in [5, 5.41) is 3.49. The monoisotopic (exact) mass is 333 g/mol. The van der Waals surface area contributed by atoms with E-state index in [1.54, 1.807) is 0 Å². The van der Waals surface area contributed by atoms with Gasteiger partial charge in [-0.3, -0.25) is 0 Å². The topological polar surface area (TPSA) is 21.3 Å². The van der Waals surface area contributed by atoms with Crippen LogP contribution < -0.4 is 5.32 Å². The van der Waals surface area contributed by atoms with Gasteiger partial charge in [0.05, 0.1) is 6.61 Å². The summed E-state index contributed by atoms with van der Waals surface area (Å²) in [5.74, 6) is 0. The van der Waals surface area contributed by atoms with Crippen LogP contribution in [0.15, 0.2) is 46.9 Å². The van der Waals surface area contributed by atoms with E-state index < -0.39 is 0 Å². The first kappa shape index (κ1) is 15.1. The van der Waals surface area contributed by atoms with Crippen LogP contribution in [-0.4, -0.2) is 6.61 Å². The summed E-state index contributed by atoms with van der Waals surface area (Å²) in [5.41, 5.74) is 4.87. The molecular formula is C17H20BrNO. The minimum absolute atomic E-state index is 0.652. The molecule has 0 aliphatic carbocycles. The van der Waals surface area contributed by atoms with Gasteiger partial charge in [0.1, 0.15) is 0 Å². The number of nitrogens with one attached hydrogen (secondary N) is 1. The first-order chi connectivity index (χ1) is 9.70. The number of benzene rings is 2. The molecule has 2 aromatic carbocycles. The molecule has 0 saturated carbocycles. The Morgan fingerprint density at radius 3 is 2.70 bits per heavy atom. The summed E-state index contributed by atoms with van der Waals surface area (Å²) in [7, 11) is 0. The lowest BCUT2D eigenvalue weighted by atomic mass is 10.1. The van der Waals surface area contributed by atoms with Gasteiger partial charge >= 0.3 is 0 Å². The van der Waals surface area contributed by atoms with Gasteiger partial charge in [0, 0.05) is 28.9 Å². The fraction of sp³-hybridized carbons (Fsp3) is 0.294. The number of hydrogen-bond acceptors (Lipinski definition) is 2. The lowest BCUT2D eigenvalue weighted by Crippen LogP contribution is -2.04. The Kier molecular flexibility index (Phi) is 5.62. The highest BCUT2D eigenvalue weighted by molar-refractivity contribution is 9.10. The molecule has 0 atom stereocenters. The molecule has 20 heavy (non-hydrogen) atoms. The van der Waals surface area contributed by atoms with Crippen LogP contribution in [0.5, 0.6) is 0 Å². The summed E-state index contributed by atoms with van der Waals surface area (Å²) < 4.78 is 6.65. The van der Waals surface area contributed by atoms with Crippen molar-refractivity contribution in [3.8, 4) is 0 Å². The fourth-order valence-electron chi connectivity index (χ4n) is 2.04. The summed E-state index contributed by atoms with van der Waals surface area (Å²) in [4.78, 5) is 0. The van der Waals surface area contributed by atoms with E-state index >= 15 is 0 Å². The second-order valence-electron chi connectivity index (χ2n) is 4.73. The molecule has 0 aromatic heterocycles. The maximum atomic E-state index is 5.50. The third-order valence-electron chi connectivity index (χ3n) is 3.18. The van der Waals surface area contributed by atoms with Crippen LogP contribution in [0.25, 0.3) is 0 Å². The lowest BCUT2D eigenvalue weighted by molar-refractivity contribution is 0.134. The van der Waals surface area contributed by atoms with Crippen LogP contribution in [0.2, 0.25) is 0 Å². The van der Waals surface area contributed by atoms with Crippen molar-refractivity contribution in [2.24, 2.45) is 0 Å². The van der Waals surface area contributed by atoms with Crippen LogP contribution in [0.4, 0.5) is 5.69 Å². The molecule has 2 rings (SSSR count). The third-order valence-corrected chi connectivity index (χ3v) is 4.07. The van der Waals surface area contributed by atoms with Crippen LogP contribution in [0.1, 0.15) is 23.6 Å². The molecule has 0 heterocycles. The summed E-state index contributed by atoms with van der Waals surface area (Å²) in [6, 6.07) is 14.7. The molecule has 0 spiro atoms. The van der Waals surface area contributed by atoms with Crippen molar-refractivity contribution in [3.05, 3.63) is 63.6 Å². The average Bonchev–Trinajstić information content (AvgIpc) is 2.47. The van der Waals surface area contributed by atoms with Gasteiger partial charge in [-0.25, -0.2) is 0 Å². The predicted octanol–water partition coefficient (Wildman–Crippen LogP) is 4.91. The van der Waals surface area contributed by atoms with Gasteiger partial charge in [-0.2, -0.15) is 0 Å². The van der Waals surface area contributed by atoms with E-state index in [4.69, 9.17) is 4.74 Å². The molecule has 1 N–H and O–H groups in total. The normalized spacial score (nSPS) is 10.6. The summed E-state index contributed by atoms with van der Waals surface area (Å²) in [6.45, 7) is 6.33. The highest BCUT2D eigenvalue weighted by Crippen LogP contribution is 2.20. The van der Waals surface area contributed by atoms with Gasteiger partial charge in [-0.05, 0) is 37.1 Å². The minimum Gasteiger partial charge on any atom is -0.381 e. The van der Waals surface area contributed by atoms with Gasteiger partial charge in [0.15, 0.2) is 0 Å². The van der Waals surface area contributed by atoms with Gasteiger partial charge in [-0.15, -0.1) is 0 Å². The van der Waals surface area contributed by atoms with E-state index in [2.05, 4.69) is 58.5 Å². The number of anilines is 1. The van der Waals surface area contributed by atoms with Crippen molar-refractivity contribution < 1.29 is 4.74 Å². The lowest BCUT2D eigenvalue weighted by Gasteiger charge is -2.12. The van der Waals surface area contributed by atoms with E-state index in [0.717, 1.165) is 23.3 Å². The van der Waals surface area contributed by atoms with Crippen LogP contribution in [0, 0.1) is 6.92 Å². The maximum absolute atomic E-state index is 5.50. The molecule has 0 unspecified atom stereocenters. The van der Waals surface area contributed by atoms with Crippen LogP contribution in [-0.2, 0) is 17.9 Å². The minimum atomic E-state index is 0.652. The number of halogens is 1. The molecule has 0 bridgehead atoms. The number of aryl methyl sites for hydroxylation is 1. The van der Waals surface area contributed by atoms with Crippen molar-refractivity contribution >= 4 is 21.6 Å². The van der Waals surface area contributed by atoms with Gasteiger partial charge in [0.25, 0.3) is 0 Å². The number of rotatable bonds is 6. The highest BCUT2D eigenvalue weighted by atomic mass is 79.9. The molecule has 0 aliphatic heterocycles. The van der Waals surface area contributed by atoms with Crippen LogP contribution >= 0.6 is 15.9 Å². The Hall–Kier alpha value is -1.32. The standard InChI is InChI=1S/C17H20BrNO/c1-3-20-12-15-6-4-5-7-17(15)19-11-14-8-9-16(18)13(2)10-14/h4-10,19H,3,11-12H2,1-2H3. The summed E-state index contributed by atoms with van der Waals surface area (Å²) >= 11 is 3.53. The number of ether oxygens (including phenoxy) is 1. The van der Waals surface area contributed by atoms with Gasteiger partial charge in [0.2, 0.25) is 0 Å². The molecule has 0 amide bonds. The Morgan fingerprint density at radius 1 is 1.15 bits per heavy atom. The first-order valence-electron chi connectivity index (χ1n) is 6.85. The quantitative estimate of drug-likeness (QED) is 0.811. The first-order valence-corrected chi connectivity index (χ1v) is 7.64. The molecule has 3 heteroatoms. The average molecular weight is 334 g/mol.